The van der Waals surface area contributed by atoms with Crippen molar-refractivity contribution in [1.29, 1.82) is 0 Å². The number of methoxy groups -OCH3 is 1. The number of aryl methyl sites for hydroxylation is 1. The molecule has 0 aliphatic carbocycles. The van der Waals surface area contributed by atoms with Crippen molar-refractivity contribution in [2.75, 3.05) is 19.0 Å². The van der Waals surface area contributed by atoms with E-state index in [1.807, 2.05) is 13.0 Å². The standard InChI is InChI=1S/C16H17F2NO/c1-12-8-9-15(20-2)14(10-12)19-11-16(17,18)13-6-4-3-5-7-13/h3-10,19H,11H2,1-2H3. The fraction of sp³-hybridized carbons (Fsp3) is 0.250. The van der Waals surface area contributed by atoms with Crippen LogP contribution in [0.1, 0.15) is 11.1 Å². The first-order valence-electron chi connectivity index (χ1n) is 6.35. The summed E-state index contributed by atoms with van der Waals surface area (Å²) in [4.78, 5) is 0. The zero-order valence-corrected chi connectivity index (χ0v) is 11.5. The highest BCUT2D eigenvalue weighted by Gasteiger charge is 2.31. The van der Waals surface area contributed by atoms with Crippen LogP contribution in [0, 0.1) is 6.92 Å². The van der Waals surface area contributed by atoms with Crippen LogP contribution in [0.15, 0.2) is 48.5 Å². The minimum Gasteiger partial charge on any atom is -0.495 e. The predicted molar refractivity (Wildman–Crippen MR) is 76.6 cm³/mol. The molecule has 0 radical (unpaired) electrons. The summed E-state index contributed by atoms with van der Waals surface area (Å²) in [5.74, 6) is -2.38. The van der Waals surface area contributed by atoms with Gasteiger partial charge in [-0.1, -0.05) is 36.4 Å². The van der Waals surface area contributed by atoms with E-state index in [9.17, 15) is 8.78 Å². The zero-order chi connectivity index (χ0) is 14.6. The minimum atomic E-state index is -2.93. The van der Waals surface area contributed by atoms with Gasteiger partial charge in [-0.25, -0.2) is 0 Å². The molecule has 0 unspecified atom stereocenters. The number of hydrogen-bond donors (Lipinski definition) is 1. The van der Waals surface area contributed by atoms with Crippen molar-refractivity contribution in [1.82, 2.24) is 0 Å². The fourth-order valence-corrected chi connectivity index (χ4v) is 1.95. The Bertz CT molecular complexity index is 570. The van der Waals surface area contributed by atoms with Gasteiger partial charge in [0.25, 0.3) is 5.92 Å². The second-order valence-corrected chi connectivity index (χ2v) is 4.63. The molecule has 0 fully saturated rings. The Morgan fingerprint density at radius 1 is 1.10 bits per heavy atom. The molecule has 2 aromatic rings. The number of benzene rings is 2. The van der Waals surface area contributed by atoms with Crippen LogP contribution in [0.3, 0.4) is 0 Å². The molecule has 106 valence electrons. The van der Waals surface area contributed by atoms with Crippen molar-refractivity contribution in [3.8, 4) is 5.75 Å². The van der Waals surface area contributed by atoms with Crippen molar-refractivity contribution in [2.24, 2.45) is 0 Å². The summed E-state index contributed by atoms with van der Waals surface area (Å²) in [5, 5.41) is 2.77. The molecule has 20 heavy (non-hydrogen) atoms. The lowest BCUT2D eigenvalue weighted by molar-refractivity contribution is 0.0106. The van der Waals surface area contributed by atoms with E-state index in [2.05, 4.69) is 5.32 Å². The number of nitrogens with one attached hydrogen (secondary N) is 1. The maximum absolute atomic E-state index is 14.1. The van der Waals surface area contributed by atoms with Crippen molar-refractivity contribution in [2.45, 2.75) is 12.8 Å². The number of halogens is 2. The average molecular weight is 277 g/mol. The van der Waals surface area contributed by atoms with Gasteiger partial charge in [0.2, 0.25) is 0 Å². The predicted octanol–water partition coefficient (Wildman–Crippen LogP) is 4.21. The molecule has 0 spiro atoms. The maximum Gasteiger partial charge on any atom is 0.290 e. The lowest BCUT2D eigenvalue weighted by atomic mass is 10.1. The van der Waals surface area contributed by atoms with E-state index in [1.54, 1.807) is 30.3 Å². The molecule has 4 heteroatoms. The number of rotatable bonds is 5. The molecule has 1 N–H and O–H groups in total. The van der Waals surface area contributed by atoms with Crippen LogP contribution in [0.4, 0.5) is 14.5 Å². The highest BCUT2D eigenvalue weighted by molar-refractivity contribution is 5.58. The summed E-state index contributed by atoms with van der Waals surface area (Å²) < 4.78 is 33.3. The van der Waals surface area contributed by atoms with Gasteiger partial charge in [-0.3, -0.25) is 0 Å². The lowest BCUT2D eigenvalue weighted by Crippen LogP contribution is -2.24. The van der Waals surface area contributed by atoms with Crippen molar-refractivity contribution in [3.05, 3.63) is 59.7 Å². The number of hydrogen-bond acceptors (Lipinski definition) is 2. The van der Waals surface area contributed by atoms with Crippen molar-refractivity contribution < 1.29 is 13.5 Å². The first-order valence-corrected chi connectivity index (χ1v) is 6.35. The molecule has 0 heterocycles. The minimum absolute atomic E-state index is 0.000815. The van der Waals surface area contributed by atoms with Crippen LogP contribution in [0.5, 0.6) is 5.75 Å². The smallest absolute Gasteiger partial charge is 0.290 e. The quantitative estimate of drug-likeness (QED) is 0.884. The largest absolute Gasteiger partial charge is 0.495 e. The summed E-state index contributed by atoms with van der Waals surface area (Å²) in [6.45, 7) is 1.43. The molecule has 2 aromatic carbocycles. The van der Waals surface area contributed by atoms with Crippen LogP contribution >= 0.6 is 0 Å². The molecular weight excluding hydrogens is 260 g/mol. The molecule has 0 saturated carbocycles. The Morgan fingerprint density at radius 3 is 2.45 bits per heavy atom. The van der Waals surface area contributed by atoms with Crippen LogP contribution in [-0.2, 0) is 5.92 Å². The Hall–Kier alpha value is -2.10. The molecule has 0 atom stereocenters. The van der Waals surface area contributed by atoms with E-state index >= 15 is 0 Å². The second-order valence-electron chi connectivity index (χ2n) is 4.63. The van der Waals surface area contributed by atoms with Gasteiger partial charge in [-0.15, -0.1) is 0 Å². The Kier molecular flexibility index (Phi) is 4.23. The zero-order valence-electron chi connectivity index (χ0n) is 11.5. The number of ether oxygens (including phenoxy) is 1. The summed E-state index contributed by atoms with van der Waals surface area (Å²) in [7, 11) is 1.52. The molecule has 0 saturated heterocycles. The Morgan fingerprint density at radius 2 is 1.80 bits per heavy atom. The third-order valence-corrected chi connectivity index (χ3v) is 3.05. The van der Waals surface area contributed by atoms with Gasteiger partial charge < -0.3 is 10.1 Å². The van der Waals surface area contributed by atoms with Gasteiger partial charge in [-0.05, 0) is 24.6 Å². The Balaban J connectivity index is 2.14. The molecule has 0 aliphatic rings. The number of alkyl halides is 2. The molecule has 2 nitrogen and oxygen atoms in total. The van der Waals surface area contributed by atoms with Crippen LogP contribution in [0.2, 0.25) is 0 Å². The summed E-state index contributed by atoms with van der Waals surface area (Å²) in [6.07, 6.45) is 0. The SMILES string of the molecule is COc1ccc(C)cc1NCC(F)(F)c1ccccc1. The molecule has 0 aliphatic heterocycles. The topological polar surface area (TPSA) is 21.3 Å². The highest BCUT2D eigenvalue weighted by Crippen LogP contribution is 2.31. The summed E-state index contributed by atoms with van der Waals surface area (Å²) in [5.41, 5.74) is 1.55. The second kappa shape index (κ2) is 5.90. The van der Waals surface area contributed by atoms with E-state index in [-0.39, 0.29) is 5.56 Å². The first-order chi connectivity index (χ1) is 9.53. The third-order valence-electron chi connectivity index (χ3n) is 3.05. The van der Waals surface area contributed by atoms with Gasteiger partial charge >= 0.3 is 0 Å². The van der Waals surface area contributed by atoms with Gasteiger partial charge in [-0.2, -0.15) is 8.78 Å². The van der Waals surface area contributed by atoms with E-state index in [0.29, 0.717) is 11.4 Å². The summed E-state index contributed by atoms with van der Waals surface area (Å²) in [6, 6.07) is 13.2. The van der Waals surface area contributed by atoms with Gasteiger partial charge in [0.1, 0.15) is 5.75 Å². The fourth-order valence-electron chi connectivity index (χ4n) is 1.95. The monoisotopic (exact) mass is 277 g/mol. The molecule has 2 rings (SSSR count). The lowest BCUT2D eigenvalue weighted by Gasteiger charge is -2.19. The molecule has 0 bridgehead atoms. The van der Waals surface area contributed by atoms with Crippen molar-refractivity contribution in [3.63, 3.8) is 0 Å². The van der Waals surface area contributed by atoms with Crippen LogP contribution in [0.25, 0.3) is 0 Å². The van der Waals surface area contributed by atoms with E-state index in [1.165, 1.54) is 19.2 Å². The van der Waals surface area contributed by atoms with Gasteiger partial charge in [0.05, 0.1) is 19.3 Å². The Labute approximate surface area is 117 Å². The molecule has 0 amide bonds. The third kappa shape index (κ3) is 3.26. The first kappa shape index (κ1) is 14.3. The van der Waals surface area contributed by atoms with E-state index in [4.69, 9.17) is 4.74 Å². The summed E-state index contributed by atoms with van der Waals surface area (Å²) >= 11 is 0. The van der Waals surface area contributed by atoms with Crippen LogP contribution in [-0.4, -0.2) is 13.7 Å². The normalized spacial score (nSPS) is 11.2. The van der Waals surface area contributed by atoms with Crippen LogP contribution < -0.4 is 10.1 Å². The highest BCUT2D eigenvalue weighted by atomic mass is 19.3. The molecule has 0 aromatic heterocycles. The maximum atomic E-state index is 14.1. The number of anilines is 1. The van der Waals surface area contributed by atoms with Crippen molar-refractivity contribution >= 4 is 5.69 Å². The van der Waals surface area contributed by atoms with Gasteiger partial charge in [0, 0.05) is 5.56 Å². The van der Waals surface area contributed by atoms with Gasteiger partial charge in [0.15, 0.2) is 0 Å². The van der Waals surface area contributed by atoms with E-state index < -0.39 is 12.5 Å². The van der Waals surface area contributed by atoms with E-state index in [0.717, 1.165) is 5.56 Å². The average Bonchev–Trinajstić information content (AvgIpc) is 2.46. The molecular formula is C16H17F2NO.